The lowest BCUT2D eigenvalue weighted by Crippen LogP contribution is -2.28. The Bertz CT molecular complexity index is 390. The predicted octanol–water partition coefficient (Wildman–Crippen LogP) is 3.97. The summed E-state index contributed by atoms with van der Waals surface area (Å²) in [5, 5.41) is 3.38. The van der Waals surface area contributed by atoms with Gasteiger partial charge in [0.1, 0.15) is 5.82 Å². The first kappa shape index (κ1) is 14.2. The summed E-state index contributed by atoms with van der Waals surface area (Å²) in [7, 11) is 1.88. The van der Waals surface area contributed by atoms with Crippen LogP contribution in [0, 0.1) is 5.82 Å². The molecule has 0 heterocycles. The van der Waals surface area contributed by atoms with E-state index in [0.717, 1.165) is 12.8 Å². The van der Waals surface area contributed by atoms with Gasteiger partial charge in [0, 0.05) is 6.04 Å². The van der Waals surface area contributed by atoms with Crippen LogP contribution in [0.1, 0.15) is 25.3 Å². The van der Waals surface area contributed by atoms with Gasteiger partial charge in [-0.1, -0.05) is 42.8 Å². The second-order valence-corrected chi connectivity index (χ2v) is 4.62. The smallest absolute Gasteiger partial charge is 0.145 e. The van der Waals surface area contributed by atoms with Gasteiger partial charge in [-0.2, -0.15) is 0 Å². The number of nitrogens with one attached hydrogen (secondary N) is 1. The molecule has 0 amide bonds. The van der Waals surface area contributed by atoms with E-state index in [0.29, 0.717) is 12.0 Å². The maximum atomic E-state index is 13.7. The first-order valence-corrected chi connectivity index (χ1v) is 6.23. The fourth-order valence-corrected chi connectivity index (χ4v) is 1.93. The molecule has 1 unspecified atom stereocenters. The van der Waals surface area contributed by atoms with Crippen LogP contribution in [0.4, 0.5) is 4.39 Å². The highest BCUT2D eigenvalue weighted by molar-refractivity contribution is 6.30. The van der Waals surface area contributed by atoms with Crippen LogP contribution in [0.3, 0.4) is 0 Å². The standard InChI is InChI=1S/C14H19ClFN/c1-4-10(2)8-12(17-3)9-11-6-5-7-13(15)14(11)16/h5-7,12,17H,2,4,8-9H2,1,3H3. The second-order valence-electron chi connectivity index (χ2n) is 4.21. The van der Waals surface area contributed by atoms with Crippen molar-refractivity contribution in [3.63, 3.8) is 0 Å². The van der Waals surface area contributed by atoms with Gasteiger partial charge in [-0.3, -0.25) is 0 Å². The van der Waals surface area contributed by atoms with Crippen LogP contribution in [0.2, 0.25) is 5.02 Å². The summed E-state index contributed by atoms with van der Waals surface area (Å²) in [6.07, 6.45) is 2.44. The molecule has 0 saturated heterocycles. The van der Waals surface area contributed by atoms with E-state index in [2.05, 4.69) is 18.8 Å². The molecule has 1 nitrogen and oxygen atoms in total. The summed E-state index contributed by atoms with van der Waals surface area (Å²) < 4.78 is 13.7. The van der Waals surface area contributed by atoms with Crippen LogP contribution in [-0.2, 0) is 6.42 Å². The molecule has 0 saturated carbocycles. The van der Waals surface area contributed by atoms with Gasteiger partial charge in [0.25, 0.3) is 0 Å². The third-order valence-electron chi connectivity index (χ3n) is 2.94. The molecule has 0 aromatic heterocycles. The van der Waals surface area contributed by atoms with Gasteiger partial charge in [0.05, 0.1) is 5.02 Å². The Morgan fingerprint density at radius 3 is 2.82 bits per heavy atom. The number of halogens is 2. The van der Waals surface area contributed by atoms with Crippen LogP contribution in [0.25, 0.3) is 0 Å². The second kappa shape index (κ2) is 6.77. The van der Waals surface area contributed by atoms with Crippen LogP contribution >= 0.6 is 11.6 Å². The fraction of sp³-hybridized carbons (Fsp3) is 0.429. The SMILES string of the molecule is C=C(CC)CC(Cc1cccc(Cl)c1F)NC. The molecule has 0 aliphatic carbocycles. The lowest BCUT2D eigenvalue weighted by Gasteiger charge is -2.17. The molecule has 1 rings (SSSR count). The zero-order valence-corrected chi connectivity index (χ0v) is 11.1. The minimum Gasteiger partial charge on any atom is -0.316 e. The van der Waals surface area contributed by atoms with E-state index in [1.165, 1.54) is 5.57 Å². The minimum absolute atomic E-state index is 0.187. The first-order valence-electron chi connectivity index (χ1n) is 5.85. The molecule has 0 aliphatic heterocycles. The molecule has 0 radical (unpaired) electrons. The van der Waals surface area contributed by atoms with E-state index >= 15 is 0 Å². The van der Waals surface area contributed by atoms with Gasteiger partial charge in [0.15, 0.2) is 0 Å². The van der Waals surface area contributed by atoms with E-state index in [9.17, 15) is 4.39 Å². The molecular formula is C14H19ClFN. The summed E-state index contributed by atoms with van der Waals surface area (Å²) in [6, 6.07) is 5.33. The molecule has 0 spiro atoms. The van der Waals surface area contributed by atoms with Crippen LogP contribution in [0.5, 0.6) is 0 Å². The highest BCUT2D eigenvalue weighted by Gasteiger charge is 2.13. The van der Waals surface area contributed by atoms with E-state index in [1.807, 2.05) is 7.05 Å². The van der Waals surface area contributed by atoms with Crippen molar-refractivity contribution in [2.75, 3.05) is 7.05 Å². The maximum Gasteiger partial charge on any atom is 0.145 e. The first-order chi connectivity index (χ1) is 8.08. The molecule has 1 N–H and O–H groups in total. The quantitative estimate of drug-likeness (QED) is 0.759. The summed E-state index contributed by atoms with van der Waals surface area (Å²) in [6.45, 7) is 6.06. The maximum absolute atomic E-state index is 13.7. The molecule has 1 aromatic rings. The lowest BCUT2D eigenvalue weighted by molar-refractivity contribution is 0.527. The Balaban J connectivity index is 2.73. The third-order valence-corrected chi connectivity index (χ3v) is 3.23. The molecule has 1 atom stereocenters. The number of benzene rings is 1. The molecule has 3 heteroatoms. The van der Waals surface area contributed by atoms with Gasteiger partial charge >= 0.3 is 0 Å². The van der Waals surface area contributed by atoms with Gasteiger partial charge < -0.3 is 5.32 Å². The molecule has 17 heavy (non-hydrogen) atoms. The van der Waals surface area contributed by atoms with Crippen molar-refractivity contribution in [2.45, 2.75) is 32.2 Å². The lowest BCUT2D eigenvalue weighted by atomic mass is 9.98. The predicted molar refractivity (Wildman–Crippen MR) is 72.0 cm³/mol. The van der Waals surface area contributed by atoms with Crippen molar-refractivity contribution in [1.29, 1.82) is 0 Å². The highest BCUT2D eigenvalue weighted by Crippen LogP contribution is 2.20. The Morgan fingerprint density at radius 1 is 1.53 bits per heavy atom. The Morgan fingerprint density at radius 2 is 2.24 bits per heavy atom. The van der Waals surface area contributed by atoms with Gasteiger partial charge in [-0.05, 0) is 37.9 Å². The van der Waals surface area contributed by atoms with Gasteiger partial charge in [-0.25, -0.2) is 4.39 Å². The molecule has 0 bridgehead atoms. The van der Waals surface area contributed by atoms with E-state index < -0.39 is 0 Å². The van der Waals surface area contributed by atoms with E-state index in [4.69, 9.17) is 11.6 Å². The highest BCUT2D eigenvalue weighted by atomic mass is 35.5. The van der Waals surface area contributed by atoms with E-state index in [-0.39, 0.29) is 16.9 Å². The Hall–Kier alpha value is -0.860. The Kier molecular flexibility index (Phi) is 5.66. The number of hydrogen-bond donors (Lipinski definition) is 1. The fourth-order valence-electron chi connectivity index (χ4n) is 1.74. The number of hydrogen-bond acceptors (Lipinski definition) is 1. The van der Waals surface area contributed by atoms with Crippen molar-refractivity contribution in [2.24, 2.45) is 0 Å². The number of rotatable bonds is 6. The average molecular weight is 256 g/mol. The van der Waals surface area contributed by atoms with Crippen molar-refractivity contribution in [3.8, 4) is 0 Å². The third kappa shape index (κ3) is 4.14. The minimum atomic E-state index is -0.309. The van der Waals surface area contributed by atoms with E-state index in [1.54, 1.807) is 18.2 Å². The zero-order valence-electron chi connectivity index (χ0n) is 10.4. The topological polar surface area (TPSA) is 12.0 Å². The number of likely N-dealkylation sites (N-methyl/N-ethyl adjacent to an activating group) is 1. The molecule has 0 fully saturated rings. The zero-order chi connectivity index (χ0) is 12.8. The van der Waals surface area contributed by atoms with Gasteiger partial charge in [-0.15, -0.1) is 0 Å². The molecule has 0 aliphatic rings. The summed E-state index contributed by atoms with van der Waals surface area (Å²) in [5.41, 5.74) is 1.83. The molecular weight excluding hydrogens is 237 g/mol. The normalized spacial score (nSPS) is 12.5. The van der Waals surface area contributed by atoms with Crippen molar-refractivity contribution < 1.29 is 4.39 Å². The summed E-state index contributed by atoms with van der Waals surface area (Å²) >= 11 is 5.76. The average Bonchev–Trinajstić information content (AvgIpc) is 2.33. The summed E-state index contributed by atoms with van der Waals surface area (Å²) in [4.78, 5) is 0. The largest absolute Gasteiger partial charge is 0.316 e. The Labute approximate surface area is 108 Å². The van der Waals surface area contributed by atoms with Crippen LogP contribution in [-0.4, -0.2) is 13.1 Å². The summed E-state index contributed by atoms with van der Waals surface area (Å²) in [5.74, 6) is -0.309. The van der Waals surface area contributed by atoms with Crippen LogP contribution < -0.4 is 5.32 Å². The molecule has 1 aromatic carbocycles. The van der Waals surface area contributed by atoms with Crippen molar-refractivity contribution >= 4 is 11.6 Å². The monoisotopic (exact) mass is 255 g/mol. The molecule has 94 valence electrons. The van der Waals surface area contributed by atoms with Crippen molar-refractivity contribution in [3.05, 3.63) is 46.8 Å². The van der Waals surface area contributed by atoms with Gasteiger partial charge in [0.2, 0.25) is 0 Å². The van der Waals surface area contributed by atoms with Crippen LogP contribution in [0.15, 0.2) is 30.4 Å². The van der Waals surface area contributed by atoms with Crippen molar-refractivity contribution in [1.82, 2.24) is 5.32 Å².